The second-order valence-corrected chi connectivity index (χ2v) is 7.98. The van der Waals surface area contributed by atoms with Gasteiger partial charge in [0.25, 0.3) is 5.56 Å². The van der Waals surface area contributed by atoms with E-state index in [-0.39, 0.29) is 11.3 Å². The number of nitrogens with one attached hydrogen (secondary N) is 1. The van der Waals surface area contributed by atoms with Gasteiger partial charge in [0.2, 0.25) is 5.95 Å². The van der Waals surface area contributed by atoms with Crippen LogP contribution in [0, 0.1) is 5.92 Å². The van der Waals surface area contributed by atoms with Crippen LogP contribution in [0.15, 0.2) is 23.0 Å². The zero-order valence-electron chi connectivity index (χ0n) is 16.6. The fourth-order valence-electron chi connectivity index (χ4n) is 4.24. The Bertz CT molecular complexity index is 911. The lowest BCUT2D eigenvalue weighted by Crippen LogP contribution is -2.39. The van der Waals surface area contributed by atoms with Gasteiger partial charge < -0.3 is 14.7 Å². The van der Waals surface area contributed by atoms with Crippen LogP contribution in [-0.2, 0) is 19.5 Å². The fourth-order valence-corrected chi connectivity index (χ4v) is 4.24. The number of nitrogens with zero attached hydrogens (tertiary/aromatic N) is 3. The van der Waals surface area contributed by atoms with Gasteiger partial charge in [-0.15, -0.1) is 0 Å². The summed E-state index contributed by atoms with van der Waals surface area (Å²) in [5.41, 5.74) is 2.69. The Morgan fingerprint density at radius 1 is 1.36 bits per heavy atom. The van der Waals surface area contributed by atoms with Gasteiger partial charge in [0.05, 0.1) is 12.8 Å². The van der Waals surface area contributed by atoms with Crippen LogP contribution in [0.3, 0.4) is 0 Å². The topological polar surface area (TPSA) is 81.7 Å². The van der Waals surface area contributed by atoms with E-state index in [9.17, 15) is 9.90 Å². The Morgan fingerprint density at radius 3 is 2.96 bits per heavy atom. The second-order valence-electron chi connectivity index (χ2n) is 7.98. The number of phenols is 1. The molecule has 7 nitrogen and oxygen atoms in total. The summed E-state index contributed by atoms with van der Waals surface area (Å²) in [7, 11) is 1.54. The molecule has 1 fully saturated rings. The van der Waals surface area contributed by atoms with Gasteiger partial charge in [0.1, 0.15) is 0 Å². The molecule has 0 radical (unpaired) electrons. The molecule has 2 aromatic rings. The molecule has 1 aromatic carbocycles. The Hall–Kier alpha value is -2.54. The number of phenolic OH excluding ortho intramolecular Hbond substituents is 1. The largest absolute Gasteiger partial charge is 0.504 e. The molecule has 1 aromatic heterocycles. The molecule has 2 N–H and O–H groups in total. The number of H-pyrrole nitrogens is 1. The molecule has 150 valence electrons. The molecule has 28 heavy (non-hydrogen) atoms. The highest BCUT2D eigenvalue weighted by molar-refractivity contribution is 5.42. The maximum Gasteiger partial charge on any atom is 0.255 e. The van der Waals surface area contributed by atoms with Gasteiger partial charge in [-0.1, -0.05) is 13.0 Å². The monoisotopic (exact) mass is 384 g/mol. The minimum atomic E-state index is -0.0000292. The van der Waals surface area contributed by atoms with Crippen LogP contribution < -0.4 is 15.2 Å². The molecule has 1 unspecified atom stereocenters. The van der Waals surface area contributed by atoms with Crippen LogP contribution in [0.1, 0.15) is 36.6 Å². The Kier molecular flexibility index (Phi) is 5.26. The molecule has 1 atom stereocenters. The lowest BCUT2D eigenvalue weighted by atomic mass is 10.0. The van der Waals surface area contributed by atoms with E-state index in [1.165, 1.54) is 6.42 Å². The summed E-state index contributed by atoms with van der Waals surface area (Å²) in [6.07, 6.45) is 3.06. The van der Waals surface area contributed by atoms with E-state index in [0.29, 0.717) is 37.1 Å². The van der Waals surface area contributed by atoms with E-state index < -0.39 is 0 Å². The van der Waals surface area contributed by atoms with Crippen molar-refractivity contribution in [2.45, 2.75) is 39.3 Å². The molecular formula is C21H28N4O3. The number of rotatable bonds is 4. The van der Waals surface area contributed by atoms with E-state index >= 15 is 0 Å². The van der Waals surface area contributed by atoms with Gasteiger partial charge in [0, 0.05) is 38.3 Å². The summed E-state index contributed by atoms with van der Waals surface area (Å²) in [6.45, 7) is 6.26. The smallest absolute Gasteiger partial charge is 0.255 e. The van der Waals surface area contributed by atoms with Crippen molar-refractivity contribution in [2.75, 3.05) is 31.6 Å². The van der Waals surface area contributed by atoms with Crippen molar-refractivity contribution in [2.24, 2.45) is 5.92 Å². The first-order chi connectivity index (χ1) is 13.5. The average Bonchev–Trinajstić information content (AvgIpc) is 2.68. The van der Waals surface area contributed by atoms with Gasteiger partial charge in [-0.25, -0.2) is 4.98 Å². The molecule has 0 aliphatic carbocycles. The van der Waals surface area contributed by atoms with Crippen LogP contribution in [0.2, 0.25) is 0 Å². The number of aromatic hydroxyl groups is 1. The van der Waals surface area contributed by atoms with E-state index in [1.807, 2.05) is 6.07 Å². The molecule has 7 heteroatoms. The minimum Gasteiger partial charge on any atom is -0.504 e. The van der Waals surface area contributed by atoms with E-state index in [0.717, 1.165) is 42.9 Å². The predicted octanol–water partition coefficient (Wildman–Crippen LogP) is 2.28. The van der Waals surface area contributed by atoms with Crippen LogP contribution in [-0.4, -0.2) is 46.7 Å². The van der Waals surface area contributed by atoms with E-state index in [2.05, 4.69) is 21.7 Å². The van der Waals surface area contributed by atoms with Crippen molar-refractivity contribution in [3.05, 3.63) is 45.4 Å². The second kappa shape index (κ2) is 7.83. The van der Waals surface area contributed by atoms with Crippen molar-refractivity contribution in [1.82, 2.24) is 14.9 Å². The van der Waals surface area contributed by atoms with Gasteiger partial charge >= 0.3 is 0 Å². The van der Waals surface area contributed by atoms with Gasteiger partial charge in [-0.05, 0) is 42.9 Å². The van der Waals surface area contributed by atoms with E-state index in [1.54, 1.807) is 19.2 Å². The van der Waals surface area contributed by atoms with Gasteiger partial charge in [0.15, 0.2) is 11.5 Å². The molecule has 0 amide bonds. The van der Waals surface area contributed by atoms with Crippen molar-refractivity contribution in [3.63, 3.8) is 0 Å². The zero-order chi connectivity index (χ0) is 19.7. The number of aromatic nitrogens is 2. The lowest BCUT2D eigenvalue weighted by molar-refractivity contribution is 0.240. The fraction of sp³-hybridized carbons (Fsp3) is 0.524. The summed E-state index contributed by atoms with van der Waals surface area (Å²) in [6, 6.07) is 5.47. The highest BCUT2D eigenvalue weighted by Gasteiger charge is 2.24. The van der Waals surface area contributed by atoms with Crippen molar-refractivity contribution in [3.8, 4) is 11.5 Å². The van der Waals surface area contributed by atoms with Crippen molar-refractivity contribution in [1.29, 1.82) is 0 Å². The molecule has 2 aliphatic rings. The van der Waals surface area contributed by atoms with Gasteiger partial charge in [-0.3, -0.25) is 14.7 Å². The van der Waals surface area contributed by atoms with Crippen LogP contribution in [0.4, 0.5) is 5.95 Å². The number of methoxy groups -OCH3 is 1. The number of fused-ring (bicyclic) bond motifs is 1. The number of hydrogen-bond donors (Lipinski definition) is 2. The van der Waals surface area contributed by atoms with Crippen LogP contribution >= 0.6 is 0 Å². The first-order valence-corrected chi connectivity index (χ1v) is 9.98. The summed E-state index contributed by atoms with van der Waals surface area (Å²) < 4.78 is 5.11. The molecule has 3 heterocycles. The zero-order valence-corrected chi connectivity index (χ0v) is 16.6. The highest BCUT2D eigenvalue weighted by atomic mass is 16.5. The third kappa shape index (κ3) is 3.85. The number of benzene rings is 1. The normalized spacial score (nSPS) is 20.1. The third-order valence-corrected chi connectivity index (χ3v) is 5.75. The number of hydrogen-bond acceptors (Lipinski definition) is 6. The third-order valence-electron chi connectivity index (χ3n) is 5.75. The van der Waals surface area contributed by atoms with Crippen molar-refractivity contribution < 1.29 is 9.84 Å². The molecule has 1 saturated heterocycles. The van der Waals surface area contributed by atoms with Crippen LogP contribution in [0.5, 0.6) is 11.5 Å². The van der Waals surface area contributed by atoms with E-state index in [4.69, 9.17) is 9.72 Å². The molecule has 4 rings (SSSR count). The Balaban J connectivity index is 1.52. The average molecular weight is 384 g/mol. The molecule has 2 aliphatic heterocycles. The van der Waals surface area contributed by atoms with Crippen LogP contribution in [0.25, 0.3) is 0 Å². The first kappa shape index (κ1) is 18.8. The predicted molar refractivity (Wildman–Crippen MR) is 108 cm³/mol. The summed E-state index contributed by atoms with van der Waals surface area (Å²) in [5, 5.41) is 10.0. The summed E-state index contributed by atoms with van der Waals surface area (Å²) in [5.74, 6) is 1.95. The van der Waals surface area contributed by atoms with Crippen molar-refractivity contribution >= 4 is 5.95 Å². The summed E-state index contributed by atoms with van der Waals surface area (Å²) >= 11 is 0. The highest BCUT2D eigenvalue weighted by Crippen LogP contribution is 2.28. The Labute approximate surface area is 165 Å². The molecule has 0 bridgehead atoms. The summed E-state index contributed by atoms with van der Waals surface area (Å²) in [4.78, 5) is 24.9. The van der Waals surface area contributed by atoms with Gasteiger partial charge in [-0.2, -0.15) is 0 Å². The number of anilines is 1. The molecule has 0 saturated carbocycles. The maximum atomic E-state index is 12.6. The number of aromatic amines is 1. The Morgan fingerprint density at radius 2 is 2.21 bits per heavy atom. The maximum absolute atomic E-state index is 12.6. The lowest BCUT2D eigenvalue weighted by Gasteiger charge is -2.33. The minimum absolute atomic E-state index is 0.0000292. The molecule has 0 spiro atoms. The standard InChI is InChI=1S/C21H28N4O3/c1-14-4-3-8-25(11-14)21-22-17-13-24(9-7-16(17)20(27)23-21)12-15-5-6-19(28-2)18(26)10-15/h5-6,10,14,26H,3-4,7-9,11-13H2,1-2H3,(H,22,23,27). The first-order valence-electron chi connectivity index (χ1n) is 9.98. The number of ether oxygens (including phenoxy) is 1. The quantitative estimate of drug-likeness (QED) is 0.842. The SMILES string of the molecule is COc1ccc(CN2CCc3c(nc(N4CCCC(C)C4)[nH]c3=O)C2)cc1O. The molecular weight excluding hydrogens is 356 g/mol. The number of piperidine rings is 1.